The van der Waals surface area contributed by atoms with Crippen molar-refractivity contribution in [2.24, 2.45) is 5.92 Å². The summed E-state index contributed by atoms with van der Waals surface area (Å²) < 4.78 is 5.91. The van der Waals surface area contributed by atoms with Gasteiger partial charge in [0.1, 0.15) is 0 Å². The van der Waals surface area contributed by atoms with Crippen LogP contribution in [0.4, 0.5) is 0 Å². The number of carbonyl (C=O) groups excluding carboxylic acids is 2. The van der Waals surface area contributed by atoms with E-state index in [0.29, 0.717) is 0 Å². The molecular weight excluding hydrogens is 293 g/mol. The fraction of sp³-hybridized carbons (Fsp3) is 0.625. The Balaban J connectivity index is 0.00000176. The number of allylic oxidation sites excluding steroid dienone is 1. The molecule has 3 rings (SSSR count). The van der Waals surface area contributed by atoms with Gasteiger partial charge in [-0.25, -0.2) is 0 Å². The second-order valence-electron chi connectivity index (χ2n) is 6.17. The minimum absolute atomic E-state index is 0. The van der Waals surface area contributed by atoms with Gasteiger partial charge >= 0.3 is 29.6 Å². The monoisotopic (exact) mass is 313 g/mol. The van der Waals surface area contributed by atoms with Crippen molar-refractivity contribution in [3.63, 3.8) is 0 Å². The fourth-order valence-electron chi connectivity index (χ4n) is 3.95. The first-order valence-electron chi connectivity index (χ1n) is 7.58. The average molecular weight is 313 g/mol. The molecule has 2 aliphatic heterocycles. The molecule has 0 radical (unpaired) electrons. The first-order chi connectivity index (χ1) is 9.97. The molecule has 6 heteroatoms. The molecular formula is C16H20NNaO4. The van der Waals surface area contributed by atoms with Crippen LogP contribution in [0.3, 0.4) is 0 Å². The van der Waals surface area contributed by atoms with Gasteiger partial charge in [-0.2, -0.15) is 0 Å². The Bertz CT molecular complexity index is 566. The molecule has 2 heterocycles. The molecule has 0 N–H and O–H groups in total. The molecule has 0 unspecified atom stereocenters. The van der Waals surface area contributed by atoms with E-state index in [1.54, 1.807) is 6.08 Å². The minimum atomic E-state index is -1.26. The molecule has 5 nitrogen and oxygen atoms in total. The van der Waals surface area contributed by atoms with E-state index in [1.165, 1.54) is 4.90 Å². The number of rotatable bonds is 3. The van der Waals surface area contributed by atoms with Crippen LogP contribution < -0.4 is 34.7 Å². The van der Waals surface area contributed by atoms with Gasteiger partial charge in [-0.15, -0.1) is 0 Å². The van der Waals surface area contributed by atoms with Crippen LogP contribution in [0.15, 0.2) is 22.9 Å². The molecule has 2 fully saturated rings. The third kappa shape index (κ3) is 2.48. The Kier molecular flexibility index (Phi) is 5.22. The van der Waals surface area contributed by atoms with E-state index in [9.17, 15) is 14.7 Å². The number of hydrogen-bond donors (Lipinski definition) is 0. The number of hydrogen-bond acceptors (Lipinski definition) is 4. The second kappa shape index (κ2) is 6.48. The molecule has 0 aromatic rings. The summed E-state index contributed by atoms with van der Waals surface area (Å²) in [5.41, 5.74) is 1.55. The number of β-lactam (4-membered cyclic amide) rings is 1. The van der Waals surface area contributed by atoms with Gasteiger partial charge in [0.15, 0.2) is 0 Å². The Morgan fingerprint density at radius 1 is 1.41 bits per heavy atom. The maximum atomic E-state index is 12.2. The summed E-state index contributed by atoms with van der Waals surface area (Å²) in [7, 11) is 0. The zero-order valence-corrected chi connectivity index (χ0v) is 15.6. The number of aliphatic carboxylic acids is 1. The van der Waals surface area contributed by atoms with Gasteiger partial charge < -0.3 is 14.6 Å². The molecule has 1 saturated heterocycles. The Morgan fingerprint density at radius 3 is 2.64 bits per heavy atom. The number of fused-ring (bicyclic) bond motifs is 3. The first-order valence-corrected chi connectivity index (χ1v) is 7.58. The van der Waals surface area contributed by atoms with Gasteiger partial charge in [0.05, 0.1) is 29.9 Å². The molecule has 1 saturated carbocycles. The number of carbonyl (C=O) groups is 2. The van der Waals surface area contributed by atoms with Gasteiger partial charge in [0.2, 0.25) is 0 Å². The summed E-state index contributed by atoms with van der Waals surface area (Å²) in [6.07, 6.45) is 4.30. The van der Waals surface area contributed by atoms with Crippen LogP contribution in [-0.2, 0) is 14.3 Å². The molecule has 0 aromatic heterocycles. The van der Waals surface area contributed by atoms with Crippen LogP contribution in [0.25, 0.3) is 0 Å². The quantitative estimate of drug-likeness (QED) is 0.336. The van der Waals surface area contributed by atoms with Gasteiger partial charge in [-0.3, -0.25) is 9.69 Å². The Hall–Kier alpha value is -0.620. The predicted molar refractivity (Wildman–Crippen MR) is 73.8 cm³/mol. The average Bonchev–Trinajstić information content (AvgIpc) is 2.71. The van der Waals surface area contributed by atoms with Crippen LogP contribution in [-0.4, -0.2) is 35.0 Å². The number of nitrogens with zero attached hydrogens (tertiary/aromatic N) is 1. The summed E-state index contributed by atoms with van der Waals surface area (Å²) in [5, 5.41) is 11.6. The SMILES string of the molecule is C/C=C1/C(=O)N2C(C(=O)[O-])=C3[C@@H](OC(C)C)CCC[C@@H]3[C@H]12.[Na+]. The third-order valence-electron chi connectivity index (χ3n) is 4.63. The standard InChI is InChI=1S/C16H21NO4.Na/c1-4-9-13-10-6-5-7-11(21-8(2)3)12(10)14(16(19)20)17(13)15(9)18;/h4,8,10-11,13H,5-7H2,1-3H3,(H,19,20);/q;+1/p-1/b9-4+;/t10-,11-,13-;/m0./s1. The molecule has 0 spiro atoms. The zero-order chi connectivity index (χ0) is 15.3. The summed E-state index contributed by atoms with van der Waals surface area (Å²) in [6.45, 7) is 5.71. The second-order valence-corrected chi connectivity index (χ2v) is 6.17. The van der Waals surface area contributed by atoms with Crippen LogP contribution in [0.5, 0.6) is 0 Å². The van der Waals surface area contributed by atoms with Gasteiger partial charge in [0, 0.05) is 11.5 Å². The van der Waals surface area contributed by atoms with Crippen molar-refractivity contribution in [2.45, 2.75) is 58.3 Å². The van der Waals surface area contributed by atoms with Crippen LogP contribution in [0.1, 0.15) is 40.0 Å². The van der Waals surface area contributed by atoms with Crippen LogP contribution in [0, 0.1) is 5.92 Å². The van der Waals surface area contributed by atoms with E-state index in [4.69, 9.17) is 4.74 Å². The van der Waals surface area contributed by atoms with E-state index in [-0.39, 0.29) is 65.3 Å². The number of carboxylic acids is 1. The van der Waals surface area contributed by atoms with E-state index < -0.39 is 5.97 Å². The smallest absolute Gasteiger partial charge is 0.543 e. The summed E-state index contributed by atoms with van der Waals surface area (Å²) in [6, 6.07) is -0.121. The number of amides is 1. The molecule has 114 valence electrons. The summed E-state index contributed by atoms with van der Waals surface area (Å²) in [4.78, 5) is 25.1. The summed E-state index contributed by atoms with van der Waals surface area (Å²) in [5.74, 6) is -1.40. The molecule has 3 atom stereocenters. The van der Waals surface area contributed by atoms with E-state index >= 15 is 0 Å². The number of ether oxygens (including phenoxy) is 1. The van der Waals surface area contributed by atoms with Crippen molar-refractivity contribution in [3.8, 4) is 0 Å². The molecule has 1 aliphatic carbocycles. The molecule has 1 amide bonds. The van der Waals surface area contributed by atoms with Crippen molar-refractivity contribution in [1.29, 1.82) is 0 Å². The fourth-order valence-corrected chi connectivity index (χ4v) is 3.95. The predicted octanol–water partition coefficient (Wildman–Crippen LogP) is -2.24. The van der Waals surface area contributed by atoms with E-state index in [2.05, 4.69) is 0 Å². The molecule has 0 bridgehead atoms. The normalized spacial score (nSPS) is 31.8. The zero-order valence-electron chi connectivity index (χ0n) is 13.6. The van der Waals surface area contributed by atoms with Crippen molar-refractivity contribution >= 4 is 11.9 Å². The van der Waals surface area contributed by atoms with Gasteiger partial charge in [-0.1, -0.05) is 6.08 Å². The van der Waals surface area contributed by atoms with Crippen molar-refractivity contribution in [3.05, 3.63) is 22.9 Å². The topological polar surface area (TPSA) is 69.7 Å². The van der Waals surface area contributed by atoms with Gasteiger partial charge in [-0.05, 0) is 45.6 Å². The van der Waals surface area contributed by atoms with Crippen molar-refractivity contribution < 1.29 is 49.0 Å². The maximum Gasteiger partial charge on any atom is 1.00 e. The molecule has 3 aliphatic rings. The van der Waals surface area contributed by atoms with Gasteiger partial charge in [0.25, 0.3) is 5.91 Å². The third-order valence-corrected chi connectivity index (χ3v) is 4.63. The Morgan fingerprint density at radius 2 is 2.09 bits per heavy atom. The first kappa shape index (κ1) is 17.7. The van der Waals surface area contributed by atoms with Crippen molar-refractivity contribution in [1.82, 2.24) is 4.90 Å². The largest absolute Gasteiger partial charge is 1.00 e. The van der Waals surface area contributed by atoms with Crippen LogP contribution >= 0.6 is 0 Å². The summed E-state index contributed by atoms with van der Waals surface area (Å²) >= 11 is 0. The van der Waals surface area contributed by atoms with E-state index in [0.717, 1.165) is 30.4 Å². The Labute approximate surface area is 152 Å². The minimum Gasteiger partial charge on any atom is -0.543 e. The number of carboxylic acid groups (broad SMARTS) is 1. The molecule has 22 heavy (non-hydrogen) atoms. The van der Waals surface area contributed by atoms with Crippen molar-refractivity contribution in [2.75, 3.05) is 0 Å². The molecule has 0 aromatic carbocycles. The van der Waals surface area contributed by atoms with E-state index in [1.807, 2.05) is 20.8 Å². The maximum absolute atomic E-state index is 12.2. The van der Waals surface area contributed by atoms with Crippen LogP contribution in [0.2, 0.25) is 0 Å².